The molecule has 5 heteroatoms. The van der Waals surface area contributed by atoms with Gasteiger partial charge in [0.1, 0.15) is 0 Å². The highest BCUT2D eigenvalue weighted by molar-refractivity contribution is 9.10. The van der Waals surface area contributed by atoms with E-state index in [-0.39, 0.29) is 5.91 Å². The maximum absolute atomic E-state index is 12.0. The molecule has 4 nitrogen and oxygen atoms in total. The molecule has 0 unspecified atom stereocenters. The highest BCUT2D eigenvalue weighted by Gasteiger charge is 2.09. The van der Waals surface area contributed by atoms with Crippen LogP contribution in [0.5, 0.6) is 0 Å². The van der Waals surface area contributed by atoms with E-state index in [1.54, 1.807) is 18.2 Å². The Morgan fingerprint density at radius 2 is 1.95 bits per heavy atom. The van der Waals surface area contributed by atoms with Crippen LogP contribution in [0.2, 0.25) is 0 Å². The zero-order valence-corrected chi connectivity index (χ0v) is 13.4. The van der Waals surface area contributed by atoms with Crippen LogP contribution in [0.25, 0.3) is 0 Å². The van der Waals surface area contributed by atoms with Gasteiger partial charge in [-0.1, -0.05) is 30.3 Å². The number of amides is 1. The molecule has 0 aliphatic carbocycles. The largest absolute Gasteiger partial charge is 0.399 e. The standard InChI is InChI=1S/C16H18BrN3O/c1-20(10-12-5-3-2-4-6-12)11-16(21)19-15-8-7-13(18)9-14(15)17/h2-9H,10-11,18H2,1H3,(H,19,21). The van der Waals surface area contributed by atoms with Crippen LogP contribution in [0, 0.1) is 0 Å². The van der Waals surface area contributed by atoms with Gasteiger partial charge in [-0.2, -0.15) is 0 Å². The molecule has 0 aliphatic heterocycles. The van der Waals surface area contributed by atoms with Crippen LogP contribution in [0.3, 0.4) is 0 Å². The lowest BCUT2D eigenvalue weighted by Gasteiger charge is -2.16. The van der Waals surface area contributed by atoms with Crippen LogP contribution in [-0.4, -0.2) is 24.4 Å². The predicted octanol–water partition coefficient (Wildman–Crippen LogP) is 3.10. The zero-order valence-electron chi connectivity index (χ0n) is 11.8. The summed E-state index contributed by atoms with van der Waals surface area (Å²) in [6, 6.07) is 15.4. The molecule has 2 aromatic rings. The van der Waals surface area contributed by atoms with Crippen molar-refractivity contribution in [2.24, 2.45) is 0 Å². The topological polar surface area (TPSA) is 58.4 Å². The number of hydrogen-bond donors (Lipinski definition) is 2. The van der Waals surface area contributed by atoms with Crippen LogP contribution in [0.15, 0.2) is 53.0 Å². The number of nitrogens with zero attached hydrogens (tertiary/aromatic N) is 1. The fraction of sp³-hybridized carbons (Fsp3) is 0.188. The minimum atomic E-state index is -0.0566. The first-order valence-electron chi connectivity index (χ1n) is 6.62. The molecule has 0 atom stereocenters. The van der Waals surface area contributed by atoms with Crippen molar-refractivity contribution in [2.75, 3.05) is 24.6 Å². The van der Waals surface area contributed by atoms with Gasteiger partial charge in [0, 0.05) is 16.7 Å². The van der Waals surface area contributed by atoms with Crippen LogP contribution in [0.4, 0.5) is 11.4 Å². The maximum atomic E-state index is 12.0. The molecule has 3 N–H and O–H groups in total. The molecule has 2 rings (SSSR count). The van der Waals surface area contributed by atoms with E-state index in [0.717, 1.165) is 16.7 Å². The minimum Gasteiger partial charge on any atom is -0.399 e. The van der Waals surface area contributed by atoms with Gasteiger partial charge >= 0.3 is 0 Å². The first-order valence-corrected chi connectivity index (χ1v) is 7.41. The van der Waals surface area contributed by atoms with Crippen molar-refractivity contribution in [3.63, 3.8) is 0 Å². The van der Waals surface area contributed by atoms with Crippen molar-refractivity contribution in [3.8, 4) is 0 Å². The van der Waals surface area contributed by atoms with Crippen molar-refractivity contribution < 1.29 is 4.79 Å². The zero-order chi connectivity index (χ0) is 15.2. The third-order valence-electron chi connectivity index (χ3n) is 2.98. The SMILES string of the molecule is CN(CC(=O)Nc1ccc(N)cc1Br)Cc1ccccc1. The van der Waals surface area contributed by atoms with Gasteiger partial charge in [-0.15, -0.1) is 0 Å². The van der Waals surface area contributed by atoms with E-state index in [4.69, 9.17) is 5.73 Å². The summed E-state index contributed by atoms with van der Waals surface area (Å²) in [7, 11) is 1.92. The molecular formula is C16H18BrN3O. The number of nitrogens with one attached hydrogen (secondary N) is 1. The van der Waals surface area contributed by atoms with E-state index >= 15 is 0 Å². The maximum Gasteiger partial charge on any atom is 0.238 e. The number of nitrogens with two attached hydrogens (primary N) is 1. The fourth-order valence-electron chi connectivity index (χ4n) is 2.02. The number of carbonyl (C=O) groups excluding carboxylic acids is 1. The second-order valence-electron chi connectivity index (χ2n) is 4.95. The molecule has 0 heterocycles. The molecule has 0 aromatic heterocycles. The summed E-state index contributed by atoms with van der Waals surface area (Å²) < 4.78 is 0.779. The van der Waals surface area contributed by atoms with Gasteiger partial charge in [0.2, 0.25) is 5.91 Å². The summed E-state index contributed by atoms with van der Waals surface area (Å²) in [6.07, 6.45) is 0. The number of hydrogen-bond acceptors (Lipinski definition) is 3. The quantitative estimate of drug-likeness (QED) is 0.817. The molecule has 0 fully saturated rings. The number of halogens is 1. The molecule has 0 spiro atoms. The predicted molar refractivity (Wildman–Crippen MR) is 90.0 cm³/mol. The summed E-state index contributed by atoms with van der Waals surface area (Å²) >= 11 is 3.39. The molecule has 0 saturated heterocycles. The Hall–Kier alpha value is -1.85. The van der Waals surface area contributed by atoms with Crippen molar-refractivity contribution >= 4 is 33.2 Å². The van der Waals surface area contributed by atoms with Gasteiger partial charge in [-0.05, 0) is 46.7 Å². The molecule has 0 aliphatic rings. The van der Waals surface area contributed by atoms with Gasteiger partial charge in [0.25, 0.3) is 0 Å². The van der Waals surface area contributed by atoms with Gasteiger partial charge in [-0.25, -0.2) is 0 Å². The van der Waals surface area contributed by atoms with E-state index in [1.807, 2.05) is 42.3 Å². The molecule has 2 aromatic carbocycles. The normalized spacial score (nSPS) is 10.6. The summed E-state index contributed by atoms with van der Waals surface area (Å²) in [5.74, 6) is -0.0566. The second kappa shape index (κ2) is 7.24. The molecule has 110 valence electrons. The molecule has 0 saturated carbocycles. The summed E-state index contributed by atoms with van der Waals surface area (Å²) in [6.45, 7) is 1.06. The average Bonchev–Trinajstić information content (AvgIpc) is 2.43. The van der Waals surface area contributed by atoms with Crippen LogP contribution >= 0.6 is 15.9 Å². The number of rotatable bonds is 5. The summed E-state index contributed by atoms with van der Waals surface area (Å²) in [5.41, 5.74) is 8.23. The third kappa shape index (κ3) is 4.88. The molecule has 0 radical (unpaired) electrons. The Morgan fingerprint density at radius 3 is 2.62 bits per heavy atom. The first-order chi connectivity index (χ1) is 10.0. The van der Waals surface area contributed by atoms with Gasteiger partial charge in [-0.3, -0.25) is 9.69 Å². The first kappa shape index (κ1) is 15.5. The lowest BCUT2D eigenvalue weighted by Crippen LogP contribution is -2.29. The van der Waals surface area contributed by atoms with Gasteiger partial charge in [0.15, 0.2) is 0 Å². The lowest BCUT2D eigenvalue weighted by molar-refractivity contribution is -0.117. The van der Waals surface area contributed by atoms with Gasteiger partial charge in [0.05, 0.1) is 12.2 Å². The number of likely N-dealkylation sites (N-methyl/N-ethyl adjacent to an activating group) is 1. The Morgan fingerprint density at radius 1 is 1.24 bits per heavy atom. The van der Waals surface area contributed by atoms with E-state index < -0.39 is 0 Å². The third-order valence-corrected chi connectivity index (χ3v) is 3.63. The smallest absolute Gasteiger partial charge is 0.238 e. The molecular weight excluding hydrogens is 330 g/mol. The second-order valence-corrected chi connectivity index (χ2v) is 5.80. The fourth-order valence-corrected chi connectivity index (χ4v) is 2.51. The van der Waals surface area contributed by atoms with E-state index in [0.29, 0.717) is 12.2 Å². The van der Waals surface area contributed by atoms with Crippen LogP contribution in [-0.2, 0) is 11.3 Å². The lowest BCUT2D eigenvalue weighted by atomic mass is 10.2. The van der Waals surface area contributed by atoms with Crippen LogP contribution < -0.4 is 11.1 Å². The van der Waals surface area contributed by atoms with E-state index in [1.165, 1.54) is 5.56 Å². The Bertz CT molecular complexity index is 616. The van der Waals surface area contributed by atoms with Crippen molar-refractivity contribution in [3.05, 3.63) is 58.6 Å². The Kier molecular flexibility index (Phi) is 5.36. The highest BCUT2D eigenvalue weighted by atomic mass is 79.9. The van der Waals surface area contributed by atoms with Gasteiger partial charge < -0.3 is 11.1 Å². The van der Waals surface area contributed by atoms with Crippen molar-refractivity contribution in [1.82, 2.24) is 4.90 Å². The Labute approximate surface area is 133 Å². The monoisotopic (exact) mass is 347 g/mol. The number of anilines is 2. The van der Waals surface area contributed by atoms with E-state index in [2.05, 4.69) is 21.2 Å². The number of nitrogen functional groups attached to an aromatic ring is 1. The van der Waals surface area contributed by atoms with E-state index in [9.17, 15) is 4.79 Å². The average molecular weight is 348 g/mol. The minimum absolute atomic E-state index is 0.0566. The van der Waals surface area contributed by atoms with Crippen LogP contribution in [0.1, 0.15) is 5.56 Å². The number of carbonyl (C=O) groups is 1. The number of benzene rings is 2. The van der Waals surface area contributed by atoms with Crippen molar-refractivity contribution in [2.45, 2.75) is 6.54 Å². The molecule has 1 amide bonds. The summed E-state index contributed by atoms with van der Waals surface area (Å²) in [4.78, 5) is 14.0. The Balaban J connectivity index is 1.89. The van der Waals surface area contributed by atoms with Crippen molar-refractivity contribution in [1.29, 1.82) is 0 Å². The molecule has 21 heavy (non-hydrogen) atoms. The summed E-state index contributed by atoms with van der Waals surface area (Å²) in [5, 5.41) is 2.87. The highest BCUT2D eigenvalue weighted by Crippen LogP contribution is 2.24. The molecule has 0 bridgehead atoms.